The van der Waals surface area contributed by atoms with Crippen LogP contribution in [0.3, 0.4) is 0 Å². The van der Waals surface area contributed by atoms with Gasteiger partial charge in [-0.3, -0.25) is 4.79 Å². The fourth-order valence-electron chi connectivity index (χ4n) is 4.29. The lowest BCUT2D eigenvalue weighted by atomic mass is 9.79. The second-order valence-corrected chi connectivity index (χ2v) is 7.53. The first-order chi connectivity index (χ1) is 11.2. The first kappa shape index (κ1) is 18.5. The number of carbonyl (C=O) groups is 1. The number of likely N-dealkylation sites (N-methyl/N-ethyl adjacent to an activating group) is 1. The van der Waals surface area contributed by atoms with Crippen LogP contribution in [0, 0.1) is 11.8 Å². The number of carbonyl (C=O) groups excluding carboxylic acids is 1. The topological polar surface area (TPSA) is 29.5 Å². The first-order valence-corrected chi connectivity index (χ1v) is 9.66. The Morgan fingerprint density at radius 3 is 2.48 bits per heavy atom. The predicted octanol–water partition coefficient (Wildman–Crippen LogP) is 4.57. The summed E-state index contributed by atoms with van der Waals surface area (Å²) < 4.78 is 6.23. The number of rotatable bonds is 7. The van der Waals surface area contributed by atoms with Crippen LogP contribution in [0.5, 0.6) is 0 Å². The fraction of sp³-hybridized carbons (Fsp3) is 0.850. The van der Waals surface area contributed by atoms with E-state index in [-0.39, 0.29) is 5.91 Å². The van der Waals surface area contributed by atoms with Crippen LogP contribution in [0.2, 0.25) is 0 Å². The van der Waals surface area contributed by atoms with Gasteiger partial charge in [0.05, 0.1) is 6.10 Å². The molecule has 0 aromatic carbocycles. The van der Waals surface area contributed by atoms with E-state index in [1.165, 1.54) is 57.4 Å². The third-order valence-electron chi connectivity index (χ3n) is 5.96. The molecule has 2 unspecified atom stereocenters. The molecule has 0 N–H and O–H groups in total. The summed E-state index contributed by atoms with van der Waals surface area (Å²) in [5, 5.41) is 0. The largest absolute Gasteiger partial charge is 0.378 e. The zero-order valence-corrected chi connectivity index (χ0v) is 15.1. The van der Waals surface area contributed by atoms with Gasteiger partial charge in [-0.15, -0.1) is 0 Å². The third kappa shape index (κ3) is 5.34. The van der Waals surface area contributed by atoms with Crippen LogP contribution in [0.25, 0.3) is 0 Å². The molecule has 1 heterocycles. The minimum atomic E-state index is 0.0530. The number of amides is 1. The van der Waals surface area contributed by atoms with Crippen LogP contribution in [0.4, 0.5) is 0 Å². The maximum atomic E-state index is 11.7. The molecule has 0 radical (unpaired) electrons. The average Bonchev–Trinajstić information content (AvgIpc) is 2.61. The lowest BCUT2D eigenvalue weighted by Crippen LogP contribution is -2.41. The van der Waals surface area contributed by atoms with Crippen LogP contribution in [-0.2, 0) is 9.53 Å². The molecule has 3 heteroatoms. The van der Waals surface area contributed by atoms with Gasteiger partial charge in [-0.2, -0.15) is 0 Å². The lowest BCUT2D eigenvalue weighted by molar-refractivity contribution is -0.128. The van der Waals surface area contributed by atoms with Crippen LogP contribution in [0.15, 0.2) is 12.7 Å². The van der Waals surface area contributed by atoms with E-state index < -0.39 is 0 Å². The van der Waals surface area contributed by atoms with E-state index >= 15 is 0 Å². The highest BCUT2D eigenvalue weighted by molar-refractivity contribution is 5.87. The first-order valence-electron chi connectivity index (χ1n) is 9.66. The monoisotopic (exact) mass is 321 g/mol. The molecule has 2 atom stereocenters. The number of hydrogen-bond acceptors (Lipinski definition) is 2. The molecule has 2 rings (SSSR count). The van der Waals surface area contributed by atoms with Crippen LogP contribution < -0.4 is 0 Å². The van der Waals surface area contributed by atoms with Gasteiger partial charge in [0, 0.05) is 19.7 Å². The van der Waals surface area contributed by atoms with Gasteiger partial charge < -0.3 is 9.64 Å². The zero-order chi connectivity index (χ0) is 16.7. The van der Waals surface area contributed by atoms with Crippen molar-refractivity contribution in [1.29, 1.82) is 0 Å². The van der Waals surface area contributed by atoms with E-state index in [1.54, 1.807) is 0 Å². The summed E-state index contributed by atoms with van der Waals surface area (Å²) in [7, 11) is 1.91. The molecule has 0 spiro atoms. The van der Waals surface area contributed by atoms with E-state index in [4.69, 9.17) is 4.74 Å². The van der Waals surface area contributed by atoms with Crippen molar-refractivity contribution in [2.75, 3.05) is 13.7 Å². The van der Waals surface area contributed by atoms with Crippen molar-refractivity contribution < 1.29 is 9.53 Å². The molecule has 2 aliphatic rings. The Kier molecular flexibility index (Phi) is 7.61. The van der Waals surface area contributed by atoms with Crippen molar-refractivity contribution in [2.45, 2.75) is 83.3 Å². The second-order valence-electron chi connectivity index (χ2n) is 7.53. The molecule has 1 saturated heterocycles. The Hall–Kier alpha value is -0.830. The van der Waals surface area contributed by atoms with Gasteiger partial charge in [0.1, 0.15) is 0 Å². The Morgan fingerprint density at radius 2 is 1.91 bits per heavy atom. The highest BCUT2D eigenvalue weighted by Gasteiger charge is 2.33. The van der Waals surface area contributed by atoms with Crippen molar-refractivity contribution in [1.82, 2.24) is 4.90 Å². The highest BCUT2D eigenvalue weighted by Crippen LogP contribution is 2.35. The molecular weight excluding hydrogens is 286 g/mol. The summed E-state index contributed by atoms with van der Waals surface area (Å²) in [5.41, 5.74) is 0. The van der Waals surface area contributed by atoms with Gasteiger partial charge in [-0.25, -0.2) is 0 Å². The summed E-state index contributed by atoms with van der Waals surface area (Å²) in [6, 6.07) is 0.391. The molecule has 3 nitrogen and oxygen atoms in total. The number of hydrogen-bond donors (Lipinski definition) is 0. The van der Waals surface area contributed by atoms with Crippen LogP contribution >= 0.6 is 0 Å². The average molecular weight is 322 g/mol. The van der Waals surface area contributed by atoms with Gasteiger partial charge in [-0.1, -0.05) is 32.8 Å². The van der Waals surface area contributed by atoms with E-state index in [1.807, 2.05) is 11.9 Å². The fourth-order valence-corrected chi connectivity index (χ4v) is 4.29. The van der Waals surface area contributed by atoms with E-state index in [2.05, 4.69) is 13.5 Å². The molecule has 0 bridgehead atoms. The van der Waals surface area contributed by atoms with Crippen LogP contribution in [-0.4, -0.2) is 36.6 Å². The third-order valence-corrected chi connectivity index (χ3v) is 5.96. The summed E-state index contributed by atoms with van der Waals surface area (Å²) >= 11 is 0. The van der Waals surface area contributed by atoms with Gasteiger partial charge >= 0.3 is 0 Å². The molecular formula is C20H35NO2. The molecule has 132 valence electrons. The molecule has 1 aliphatic heterocycles. The molecule has 2 fully saturated rings. The molecule has 1 amide bonds. The molecule has 1 saturated carbocycles. The minimum absolute atomic E-state index is 0.0530. The standard InChI is InChI=1S/C20H35NO2/c1-4-6-7-8-16-9-14-19(23-15-16)17-10-12-18(13-11-17)21(3)20(22)5-2/h5,16-19H,2,4,6-15H2,1,3H3. The van der Waals surface area contributed by atoms with Gasteiger partial charge in [0.15, 0.2) is 0 Å². The Balaban J connectivity index is 1.68. The van der Waals surface area contributed by atoms with E-state index in [0.29, 0.717) is 18.1 Å². The summed E-state index contributed by atoms with van der Waals surface area (Å²) in [5.74, 6) is 1.55. The second kappa shape index (κ2) is 9.46. The normalized spacial score (nSPS) is 31.6. The van der Waals surface area contributed by atoms with Crippen molar-refractivity contribution in [3.8, 4) is 0 Å². The van der Waals surface area contributed by atoms with Gasteiger partial charge in [0.2, 0.25) is 5.91 Å². The van der Waals surface area contributed by atoms with Crippen molar-refractivity contribution in [3.05, 3.63) is 12.7 Å². The van der Waals surface area contributed by atoms with Crippen molar-refractivity contribution in [3.63, 3.8) is 0 Å². The molecule has 0 aromatic rings. The number of nitrogens with zero attached hydrogens (tertiary/aromatic N) is 1. The summed E-state index contributed by atoms with van der Waals surface area (Å²) in [6.07, 6.45) is 14.5. The number of ether oxygens (including phenoxy) is 1. The Bertz CT molecular complexity index is 366. The number of unbranched alkanes of at least 4 members (excludes halogenated alkanes) is 2. The quantitative estimate of drug-likeness (QED) is 0.508. The molecule has 0 aromatic heterocycles. The molecule has 1 aliphatic carbocycles. The Labute approximate surface area is 142 Å². The van der Waals surface area contributed by atoms with Gasteiger partial charge in [-0.05, 0) is 62.9 Å². The maximum absolute atomic E-state index is 11.7. The van der Waals surface area contributed by atoms with Crippen molar-refractivity contribution >= 4 is 5.91 Å². The molecule has 23 heavy (non-hydrogen) atoms. The summed E-state index contributed by atoms with van der Waals surface area (Å²) in [6.45, 7) is 6.83. The minimum Gasteiger partial charge on any atom is -0.378 e. The highest BCUT2D eigenvalue weighted by atomic mass is 16.5. The zero-order valence-electron chi connectivity index (χ0n) is 15.1. The van der Waals surface area contributed by atoms with E-state index in [0.717, 1.165) is 25.4 Å². The van der Waals surface area contributed by atoms with E-state index in [9.17, 15) is 4.79 Å². The maximum Gasteiger partial charge on any atom is 0.245 e. The van der Waals surface area contributed by atoms with Crippen molar-refractivity contribution in [2.24, 2.45) is 11.8 Å². The van der Waals surface area contributed by atoms with Crippen LogP contribution in [0.1, 0.15) is 71.1 Å². The predicted molar refractivity (Wildman–Crippen MR) is 95.3 cm³/mol. The SMILES string of the molecule is C=CC(=O)N(C)C1CCC(C2CCC(CCCCC)CO2)CC1. The Morgan fingerprint density at radius 1 is 1.17 bits per heavy atom. The van der Waals surface area contributed by atoms with Gasteiger partial charge in [0.25, 0.3) is 0 Å². The smallest absolute Gasteiger partial charge is 0.245 e. The lowest BCUT2D eigenvalue weighted by Gasteiger charge is -2.39. The summed E-state index contributed by atoms with van der Waals surface area (Å²) in [4.78, 5) is 13.6.